The van der Waals surface area contributed by atoms with Crippen molar-refractivity contribution < 1.29 is 17.2 Å². The molecule has 0 bridgehead atoms. The summed E-state index contributed by atoms with van der Waals surface area (Å²) in [5, 5.41) is 12.0. The van der Waals surface area contributed by atoms with Crippen LogP contribution in [0, 0.1) is 11.6 Å². The Morgan fingerprint density at radius 2 is 1.86 bits per heavy atom. The molecule has 4 rings (SSSR count). The summed E-state index contributed by atoms with van der Waals surface area (Å²) in [5.41, 5.74) is 1.30. The first-order valence-corrected chi connectivity index (χ1v) is 10.7. The highest BCUT2D eigenvalue weighted by molar-refractivity contribution is 7.98. The number of thioether (sulfide) groups is 1. The van der Waals surface area contributed by atoms with Gasteiger partial charge in [-0.2, -0.15) is 4.68 Å². The van der Waals surface area contributed by atoms with Gasteiger partial charge in [-0.25, -0.2) is 22.2 Å². The summed E-state index contributed by atoms with van der Waals surface area (Å²) in [4.78, 5) is 7.32. The van der Waals surface area contributed by atoms with E-state index in [-0.39, 0.29) is 4.90 Å². The molecule has 2 aromatic carbocycles. The smallest absolute Gasteiger partial charge is 0.175 e. The summed E-state index contributed by atoms with van der Waals surface area (Å²) in [7, 11) is -3.29. The van der Waals surface area contributed by atoms with Crippen molar-refractivity contribution in [2.45, 2.75) is 15.8 Å². The fraction of sp³-hybridized carbons (Fsp3) is 0.125. The summed E-state index contributed by atoms with van der Waals surface area (Å²) in [6.07, 6.45) is 1.13. The first-order valence-electron chi connectivity index (χ1n) is 7.86. The topological polar surface area (TPSA) is 106 Å². The Morgan fingerprint density at radius 3 is 2.57 bits per heavy atom. The van der Waals surface area contributed by atoms with Crippen LogP contribution < -0.4 is 0 Å². The molecule has 4 aromatic rings. The highest BCUT2D eigenvalue weighted by atomic mass is 32.2. The van der Waals surface area contributed by atoms with Gasteiger partial charge < -0.3 is 4.98 Å². The van der Waals surface area contributed by atoms with Gasteiger partial charge in [0.2, 0.25) is 0 Å². The van der Waals surface area contributed by atoms with Gasteiger partial charge in [-0.15, -0.1) is 5.10 Å². The summed E-state index contributed by atoms with van der Waals surface area (Å²) in [6, 6.07) is 8.24. The quantitative estimate of drug-likeness (QED) is 0.493. The Bertz CT molecular complexity index is 1230. The minimum atomic E-state index is -3.29. The van der Waals surface area contributed by atoms with E-state index >= 15 is 0 Å². The zero-order valence-corrected chi connectivity index (χ0v) is 15.9. The van der Waals surface area contributed by atoms with Crippen molar-refractivity contribution in [1.82, 2.24) is 30.2 Å². The normalized spacial score (nSPS) is 12.0. The second-order valence-corrected chi connectivity index (χ2v) is 8.87. The van der Waals surface area contributed by atoms with Crippen LogP contribution in [0.15, 0.2) is 46.5 Å². The maximum Gasteiger partial charge on any atom is 0.175 e. The molecule has 8 nitrogen and oxygen atoms in total. The van der Waals surface area contributed by atoms with Crippen LogP contribution in [0.25, 0.3) is 16.7 Å². The summed E-state index contributed by atoms with van der Waals surface area (Å²) in [5.74, 6) is -1.09. The fourth-order valence-corrected chi connectivity index (χ4v) is 3.93. The first kappa shape index (κ1) is 18.5. The third-order valence-electron chi connectivity index (χ3n) is 3.88. The summed E-state index contributed by atoms with van der Waals surface area (Å²) >= 11 is 1.26. The number of fused-ring (bicyclic) bond motifs is 1. The predicted octanol–water partition coefficient (Wildman–Crippen LogP) is 2.51. The Morgan fingerprint density at radius 1 is 1.14 bits per heavy atom. The maximum atomic E-state index is 13.3. The van der Waals surface area contributed by atoms with E-state index in [9.17, 15) is 17.2 Å². The number of rotatable bonds is 5. The van der Waals surface area contributed by atoms with Gasteiger partial charge in [-0.05, 0) is 34.7 Å². The van der Waals surface area contributed by atoms with Gasteiger partial charge in [0, 0.05) is 18.4 Å². The van der Waals surface area contributed by atoms with Crippen LogP contribution in [-0.4, -0.2) is 44.8 Å². The average Bonchev–Trinajstić information content (AvgIpc) is 3.26. The lowest BCUT2D eigenvalue weighted by Gasteiger charge is -2.05. The van der Waals surface area contributed by atoms with Crippen LogP contribution in [0.5, 0.6) is 0 Å². The lowest BCUT2D eigenvalue weighted by molar-refractivity contribution is 0.510. The zero-order valence-electron chi connectivity index (χ0n) is 14.3. The number of nitrogens with one attached hydrogen (secondary N) is 1. The molecule has 0 amide bonds. The van der Waals surface area contributed by atoms with Crippen molar-refractivity contribution >= 4 is 32.6 Å². The number of imidazole rings is 1. The standard InChI is InChI=1S/C16H12F2N6O2S2/c1-28(25,26)10-4-2-9(3-5-10)24-15(21-22-23-24)8-27-16-19-13-6-11(17)12(18)7-14(13)20-16/h2-7H,8H2,1H3,(H,19,20). The molecular weight excluding hydrogens is 410 g/mol. The van der Waals surface area contributed by atoms with Crippen molar-refractivity contribution in [1.29, 1.82) is 0 Å². The Kier molecular flexibility index (Phi) is 4.59. The molecule has 2 aromatic heterocycles. The molecule has 0 radical (unpaired) electrons. The van der Waals surface area contributed by atoms with Gasteiger partial charge in [0.15, 0.2) is 32.5 Å². The van der Waals surface area contributed by atoms with E-state index in [1.54, 1.807) is 12.1 Å². The number of benzene rings is 2. The molecular formula is C16H12F2N6O2S2. The highest BCUT2D eigenvalue weighted by Crippen LogP contribution is 2.24. The van der Waals surface area contributed by atoms with Crippen LogP contribution in [0.3, 0.4) is 0 Å². The maximum absolute atomic E-state index is 13.3. The third kappa shape index (κ3) is 3.60. The number of nitrogens with zero attached hydrogens (tertiary/aromatic N) is 5. The Labute approximate surface area is 161 Å². The van der Waals surface area contributed by atoms with Crippen LogP contribution in [0.1, 0.15) is 5.82 Å². The van der Waals surface area contributed by atoms with Gasteiger partial charge >= 0.3 is 0 Å². The molecule has 0 aliphatic heterocycles. The van der Waals surface area contributed by atoms with Gasteiger partial charge in [0.25, 0.3) is 0 Å². The van der Waals surface area contributed by atoms with Gasteiger partial charge in [-0.3, -0.25) is 0 Å². The second-order valence-electron chi connectivity index (χ2n) is 5.89. The predicted molar refractivity (Wildman–Crippen MR) is 97.8 cm³/mol. The monoisotopic (exact) mass is 422 g/mol. The van der Waals surface area contributed by atoms with Gasteiger partial charge in [0.1, 0.15) is 0 Å². The fourth-order valence-electron chi connectivity index (χ4n) is 2.51. The number of halogens is 2. The lowest BCUT2D eigenvalue weighted by Crippen LogP contribution is -2.03. The molecule has 1 N–H and O–H groups in total. The van der Waals surface area contributed by atoms with E-state index in [1.165, 1.54) is 28.6 Å². The SMILES string of the molecule is CS(=O)(=O)c1ccc(-n2nnnc2CSc2nc3cc(F)c(F)cc3[nH]2)cc1. The van der Waals surface area contributed by atoms with Crippen molar-refractivity contribution in [3.63, 3.8) is 0 Å². The molecule has 0 fully saturated rings. The lowest BCUT2D eigenvalue weighted by atomic mass is 10.3. The Hall–Kier alpha value is -2.86. The molecule has 28 heavy (non-hydrogen) atoms. The van der Waals surface area contributed by atoms with Crippen molar-refractivity contribution in [3.05, 3.63) is 53.9 Å². The number of hydrogen-bond donors (Lipinski definition) is 1. The van der Waals surface area contributed by atoms with E-state index < -0.39 is 21.5 Å². The summed E-state index contributed by atoms with van der Waals surface area (Å²) in [6.45, 7) is 0. The largest absolute Gasteiger partial charge is 0.333 e. The van der Waals surface area contributed by atoms with Crippen LogP contribution in [0.4, 0.5) is 8.78 Å². The van der Waals surface area contributed by atoms with E-state index in [0.29, 0.717) is 33.5 Å². The molecule has 0 saturated heterocycles. The van der Waals surface area contributed by atoms with E-state index in [4.69, 9.17) is 0 Å². The molecule has 12 heteroatoms. The van der Waals surface area contributed by atoms with Crippen molar-refractivity contribution in [2.75, 3.05) is 6.26 Å². The van der Waals surface area contributed by atoms with Crippen LogP contribution in [0.2, 0.25) is 0 Å². The minimum absolute atomic E-state index is 0.196. The molecule has 144 valence electrons. The van der Waals surface area contributed by atoms with Crippen molar-refractivity contribution in [3.8, 4) is 5.69 Å². The molecule has 0 saturated carbocycles. The molecule has 2 heterocycles. The second kappa shape index (κ2) is 6.95. The first-order chi connectivity index (χ1) is 13.3. The number of aromatic amines is 1. The molecule has 0 atom stereocenters. The number of sulfone groups is 1. The molecule has 0 aliphatic carbocycles. The number of H-pyrrole nitrogens is 1. The van der Waals surface area contributed by atoms with Gasteiger partial charge in [0.05, 0.1) is 27.4 Å². The van der Waals surface area contributed by atoms with Crippen LogP contribution >= 0.6 is 11.8 Å². The third-order valence-corrected chi connectivity index (χ3v) is 5.88. The molecule has 0 unspecified atom stereocenters. The number of hydrogen-bond acceptors (Lipinski definition) is 7. The van der Waals surface area contributed by atoms with Crippen LogP contribution in [-0.2, 0) is 15.6 Å². The molecule has 0 spiro atoms. The Balaban J connectivity index is 1.55. The average molecular weight is 422 g/mol. The zero-order chi connectivity index (χ0) is 19.9. The van der Waals surface area contributed by atoms with E-state index in [0.717, 1.165) is 18.4 Å². The highest BCUT2D eigenvalue weighted by Gasteiger charge is 2.13. The minimum Gasteiger partial charge on any atom is -0.333 e. The van der Waals surface area contributed by atoms with E-state index in [1.807, 2.05) is 0 Å². The number of aromatic nitrogens is 6. The van der Waals surface area contributed by atoms with Gasteiger partial charge in [-0.1, -0.05) is 11.8 Å². The summed E-state index contributed by atoms with van der Waals surface area (Å²) < 4.78 is 51.2. The van der Waals surface area contributed by atoms with Crippen molar-refractivity contribution in [2.24, 2.45) is 0 Å². The van der Waals surface area contributed by atoms with E-state index in [2.05, 4.69) is 25.5 Å². The number of tetrazole rings is 1. The molecule has 0 aliphatic rings.